The second kappa shape index (κ2) is 2.75. The number of hydrogen-bond acceptors (Lipinski definition) is 3. The number of nitrogens with one attached hydrogen (secondary N) is 1. The van der Waals surface area contributed by atoms with E-state index in [1.807, 2.05) is 5.32 Å². The molecule has 2 amide bonds. The van der Waals surface area contributed by atoms with Crippen molar-refractivity contribution in [3.8, 4) is 0 Å². The zero-order valence-corrected chi connectivity index (χ0v) is 5.90. The van der Waals surface area contributed by atoms with Crippen LogP contribution in [0.25, 0.3) is 0 Å². The van der Waals surface area contributed by atoms with E-state index in [1.54, 1.807) is 0 Å². The molecule has 0 radical (unpaired) electrons. The summed E-state index contributed by atoms with van der Waals surface area (Å²) in [6, 6.07) is -0.752. The van der Waals surface area contributed by atoms with Crippen LogP contribution in [-0.4, -0.2) is 41.9 Å². The predicted molar refractivity (Wildman–Crippen MR) is 33.7 cm³/mol. The second-order valence-corrected chi connectivity index (χ2v) is 2.13. The molecule has 0 aromatic rings. The molecule has 11 heavy (non-hydrogen) atoms. The fourth-order valence-corrected chi connectivity index (χ4v) is 0.793. The largest absolute Gasteiger partial charge is 0.465 e. The Labute approximate surface area is 62.7 Å². The Morgan fingerprint density at radius 2 is 2.55 bits per heavy atom. The number of likely N-dealkylation sites (N-methyl/N-ethyl adjacent to an activating group) is 1. The van der Waals surface area contributed by atoms with Crippen molar-refractivity contribution in [3.63, 3.8) is 0 Å². The first-order valence-corrected chi connectivity index (χ1v) is 3.01. The maximum atomic E-state index is 10.9. The summed E-state index contributed by atoms with van der Waals surface area (Å²) in [5, 5.41) is 11.3. The van der Waals surface area contributed by atoms with E-state index in [0.29, 0.717) is 0 Å². The number of hydroxylamine groups is 2. The molecule has 0 spiro atoms. The Balaban J connectivity index is 2.49. The van der Waals surface area contributed by atoms with Crippen LogP contribution in [-0.2, 0) is 9.63 Å². The van der Waals surface area contributed by atoms with Crippen LogP contribution in [0.1, 0.15) is 0 Å². The molecule has 0 aliphatic carbocycles. The van der Waals surface area contributed by atoms with Gasteiger partial charge in [-0.15, -0.1) is 0 Å². The van der Waals surface area contributed by atoms with E-state index in [0.717, 1.165) is 5.06 Å². The van der Waals surface area contributed by atoms with E-state index >= 15 is 0 Å². The molecule has 0 bridgehead atoms. The Morgan fingerprint density at radius 1 is 1.91 bits per heavy atom. The van der Waals surface area contributed by atoms with Crippen LogP contribution < -0.4 is 5.32 Å². The lowest BCUT2D eigenvalue weighted by molar-refractivity contribution is -0.154. The molecule has 1 rings (SSSR count). The van der Waals surface area contributed by atoms with Crippen molar-refractivity contribution in [2.45, 2.75) is 6.04 Å². The maximum Gasteiger partial charge on any atom is 0.405 e. The van der Waals surface area contributed by atoms with Gasteiger partial charge in [0, 0.05) is 7.05 Å². The first kappa shape index (κ1) is 7.80. The van der Waals surface area contributed by atoms with E-state index in [2.05, 4.69) is 0 Å². The lowest BCUT2D eigenvalue weighted by Gasteiger charge is -2.05. The summed E-state index contributed by atoms with van der Waals surface area (Å²) in [6.45, 7) is 0.0711. The molecule has 1 atom stereocenters. The van der Waals surface area contributed by atoms with Gasteiger partial charge in [0.25, 0.3) is 5.91 Å². The molecule has 1 saturated heterocycles. The van der Waals surface area contributed by atoms with Crippen molar-refractivity contribution >= 4 is 12.0 Å². The van der Waals surface area contributed by atoms with Gasteiger partial charge in [0.2, 0.25) is 0 Å². The summed E-state index contributed by atoms with van der Waals surface area (Å²) in [5.41, 5.74) is 0. The number of carbonyl (C=O) groups excluding carboxylic acids is 1. The van der Waals surface area contributed by atoms with Crippen LogP contribution in [0.4, 0.5) is 4.79 Å². The monoisotopic (exact) mass is 160 g/mol. The summed E-state index contributed by atoms with van der Waals surface area (Å²) in [4.78, 5) is 25.7. The molecule has 62 valence electrons. The van der Waals surface area contributed by atoms with Crippen LogP contribution in [0.3, 0.4) is 0 Å². The number of amides is 2. The highest BCUT2D eigenvalue weighted by Crippen LogP contribution is 2.03. The molecule has 1 fully saturated rings. The maximum absolute atomic E-state index is 10.9. The minimum atomic E-state index is -1.22. The Hall–Kier alpha value is -1.30. The standard InChI is InChI=1S/C5H8N2O4/c1-7-4(8)3(2-11-7)6-5(9)10/h3,6H,2H2,1H3,(H,9,10)/t3-/m0/s1. The molecule has 0 aromatic carbocycles. The number of carboxylic acid groups (broad SMARTS) is 1. The predicted octanol–water partition coefficient (Wildman–Crippen LogP) is -0.974. The van der Waals surface area contributed by atoms with Gasteiger partial charge in [-0.3, -0.25) is 9.63 Å². The third kappa shape index (κ3) is 1.58. The fraction of sp³-hybridized carbons (Fsp3) is 0.600. The third-order valence-corrected chi connectivity index (χ3v) is 1.34. The Kier molecular flexibility index (Phi) is 1.95. The molecule has 6 nitrogen and oxygen atoms in total. The van der Waals surface area contributed by atoms with E-state index in [-0.39, 0.29) is 12.5 Å². The highest BCUT2D eigenvalue weighted by atomic mass is 16.7. The summed E-state index contributed by atoms with van der Waals surface area (Å²) < 4.78 is 0. The molecule has 1 aliphatic heterocycles. The molecule has 0 unspecified atom stereocenters. The summed E-state index contributed by atoms with van der Waals surface area (Å²) in [6.07, 6.45) is -1.22. The fourth-order valence-electron chi connectivity index (χ4n) is 0.793. The van der Waals surface area contributed by atoms with Gasteiger partial charge in [-0.2, -0.15) is 0 Å². The number of hydrogen-bond donors (Lipinski definition) is 2. The molecule has 2 N–H and O–H groups in total. The Bertz CT molecular complexity index is 193. The molecule has 1 aliphatic rings. The highest BCUT2D eigenvalue weighted by molar-refractivity contribution is 5.85. The van der Waals surface area contributed by atoms with Crippen molar-refractivity contribution in [2.75, 3.05) is 13.7 Å². The van der Waals surface area contributed by atoms with Gasteiger partial charge in [-0.05, 0) is 0 Å². The van der Waals surface area contributed by atoms with Crippen LogP contribution in [0.5, 0.6) is 0 Å². The van der Waals surface area contributed by atoms with Crippen LogP contribution in [0.15, 0.2) is 0 Å². The average molecular weight is 160 g/mol. The van der Waals surface area contributed by atoms with Gasteiger partial charge in [0.1, 0.15) is 12.6 Å². The van der Waals surface area contributed by atoms with Gasteiger partial charge in [0.15, 0.2) is 0 Å². The van der Waals surface area contributed by atoms with Crippen molar-refractivity contribution < 1.29 is 19.5 Å². The number of rotatable bonds is 1. The molecule has 0 aromatic heterocycles. The SMILES string of the molecule is CN1OC[C@H](NC(=O)O)C1=O. The minimum absolute atomic E-state index is 0.0711. The summed E-state index contributed by atoms with van der Waals surface area (Å²) >= 11 is 0. The van der Waals surface area contributed by atoms with Gasteiger partial charge < -0.3 is 10.4 Å². The molecular formula is C5H8N2O4. The third-order valence-electron chi connectivity index (χ3n) is 1.34. The first-order valence-electron chi connectivity index (χ1n) is 3.01. The average Bonchev–Trinajstić information content (AvgIpc) is 2.18. The smallest absolute Gasteiger partial charge is 0.405 e. The minimum Gasteiger partial charge on any atom is -0.465 e. The van der Waals surface area contributed by atoms with E-state index in [4.69, 9.17) is 9.94 Å². The van der Waals surface area contributed by atoms with Gasteiger partial charge in [0.05, 0.1) is 0 Å². The highest BCUT2D eigenvalue weighted by Gasteiger charge is 2.31. The molecule has 0 saturated carbocycles. The molecule has 6 heteroatoms. The zero-order valence-electron chi connectivity index (χ0n) is 5.90. The molecular weight excluding hydrogens is 152 g/mol. The van der Waals surface area contributed by atoms with Gasteiger partial charge >= 0.3 is 6.09 Å². The molecule has 1 heterocycles. The van der Waals surface area contributed by atoms with Crippen LogP contribution in [0.2, 0.25) is 0 Å². The van der Waals surface area contributed by atoms with Crippen molar-refractivity contribution in [2.24, 2.45) is 0 Å². The van der Waals surface area contributed by atoms with Crippen LogP contribution in [0, 0.1) is 0 Å². The quantitative estimate of drug-likeness (QED) is 0.517. The number of nitrogens with zero attached hydrogens (tertiary/aromatic N) is 1. The van der Waals surface area contributed by atoms with Gasteiger partial charge in [-0.1, -0.05) is 0 Å². The first-order chi connectivity index (χ1) is 5.11. The topological polar surface area (TPSA) is 78.9 Å². The normalized spacial score (nSPS) is 23.9. The zero-order chi connectivity index (χ0) is 8.43. The van der Waals surface area contributed by atoms with Crippen molar-refractivity contribution in [1.82, 2.24) is 10.4 Å². The van der Waals surface area contributed by atoms with E-state index in [9.17, 15) is 9.59 Å². The van der Waals surface area contributed by atoms with Crippen LogP contribution >= 0.6 is 0 Å². The Morgan fingerprint density at radius 3 is 2.91 bits per heavy atom. The van der Waals surface area contributed by atoms with Crippen molar-refractivity contribution in [1.29, 1.82) is 0 Å². The van der Waals surface area contributed by atoms with E-state index < -0.39 is 12.1 Å². The lowest BCUT2D eigenvalue weighted by Crippen LogP contribution is -2.41. The van der Waals surface area contributed by atoms with E-state index in [1.165, 1.54) is 7.05 Å². The second-order valence-electron chi connectivity index (χ2n) is 2.13. The van der Waals surface area contributed by atoms with Gasteiger partial charge in [-0.25, -0.2) is 9.86 Å². The summed E-state index contributed by atoms with van der Waals surface area (Å²) in [7, 11) is 1.44. The summed E-state index contributed by atoms with van der Waals surface area (Å²) in [5.74, 6) is -0.368. The van der Waals surface area contributed by atoms with Crippen molar-refractivity contribution in [3.05, 3.63) is 0 Å². The lowest BCUT2D eigenvalue weighted by atomic mass is 10.3. The number of carbonyl (C=O) groups is 2.